The Balaban J connectivity index is 2.87. The molecule has 0 saturated heterocycles. The van der Waals surface area contributed by atoms with Gasteiger partial charge in [0.25, 0.3) is 0 Å². The molecule has 1 unspecified atom stereocenters. The van der Waals surface area contributed by atoms with Crippen LogP contribution in [0.5, 0.6) is 0 Å². The van der Waals surface area contributed by atoms with Crippen molar-refractivity contribution in [3.63, 3.8) is 0 Å². The Morgan fingerprint density at radius 2 is 1.83 bits per heavy atom. The van der Waals surface area contributed by atoms with E-state index in [1.165, 1.54) is 0 Å². The SMILES string of the molecule is CC(c1ccc(Cl)cc1)N(C)C(=O)C(C)(C)CCl. The minimum atomic E-state index is -0.545. The normalized spacial score (nSPS) is 13.2. The second-order valence-corrected chi connectivity index (χ2v) is 5.86. The third-order valence-electron chi connectivity index (χ3n) is 3.17. The first kappa shape index (κ1) is 15.3. The number of halogens is 2. The first-order valence-corrected chi connectivity index (χ1v) is 6.79. The van der Waals surface area contributed by atoms with Gasteiger partial charge in [0.1, 0.15) is 0 Å². The fourth-order valence-electron chi connectivity index (χ4n) is 1.68. The van der Waals surface area contributed by atoms with Gasteiger partial charge in [-0.15, -0.1) is 11.6 Å². The van der Waals surface area contributed by atoms with Crippen LogP contribution in [0.2, 0.25) is 5.02 Å². The van der Waals surface area contributed by atoms with Crippen molar-refractivity contribution in [2.75, 3.05) is 12.9 Å². The number of carbonyl (C=O) groups excluding carboxylic acids is 1. The molecule has 0 saturated carbocycles. The lowest BCUT2D eigenvalue weighted by molar-refractivity contribution is -0.139. The summed E-state index contributed by atoms with van der Waals surface area (Å²) in [5.74, 6) is 0.351. The van der Waals surface area contributed by atoms with E-state index < -0.39 is 5.41 Å². The highest BCUT2D eigenvalue weighted by Crippen LogP contribution is 2.27. The number of hydrogen-bond donors (Lipinski definition) is 0. The molecule has 1 amide bonds. The third-order valence-corrected chi connectivity index (χ3v) is 4.09. The van der Waals surface area contributed by atoms with E-state index in [0.717, 1.165) is 5.56 Å². The van der Waals surface area contributed by atoms with Gasteiger partial charge in [-0.1, -0.05) is 23.7 Å². The van der Waals surface area contributed by atoms with Gasteiger partial charge in [0.15, 0.2) is 0 Å². The van der Waals surface area contributed by atoms with E-state index >= 15 is 0 Å². The summed E-state index contributed by atoms with van der Waals surface area (Å²) in [6, 6.07) is 7.53. The van der Waals surface area contributed by atoms with Crippen LogP contribution in [0, 0.1) is 5.41 Å². The quantitative estimate of drug-likeness (QED) is 0.763. The molecule has 0 N–H and O–H groups in total. The number of nitrogens with zero attached hydrogens (tertiary/aromatic N) is 1. The number of benzene rings is 1. The minimum absolute atomic E-state index is 0.00254. The van der Waals surface area contributed by atoms with Gasteiger partial charge in [0.05, 0.1) is 11.5 Å². The van der Waals surface area contributed by atoms with Crippen LogP contribution >= 0.6 is 23.2 Å². The molecule has 0 spiro atoms. The van der Waals surface area contributed by atoms with Crippen molar-refractivity contribution in [3.8, 4) is 0 Å². The molecule has 1 aromatic rings. The van der Waals surface area contributed by atoms with Gasteiger partial charge in [-0.05, 0) is 38.5 Å². The monoisotopic (exact) mass is 287 g/mol. The summed E-state index contributed by atoms with van der Waals surface area (Å²) in [5.41, 5.74) is 0.511. The van der Waals surface area contributed by atoms with Crippen molar-refractivity contribution in [2.45, 2.75) is 26.8 Å². The molecule has 100 valence electrons. The van der Waals surface area contributed by atoms with E-state index in [4.69, 9.17) is 23.2 Å². The van der Waals surface area contributed by atoms with Gasteiger partial charge >= 0.3 is 0 Å². The minimum Gasteiger partial charge on any atom is -0.338 e. The first-order valence-electron chi connectivity index (χ1n) is 5.88. The number of amides is 1. The number of hydrogen-bond acceptors (Lipinski definition) is 1. The average Bonchev–Trinajstić information content (AvgIpc) is 2.37. The lowest BCUT2D eigenvalue weighted by Gasteiger charge is -2.32. The van der Waals surface area contributed by atoms with Crippen molar-refractivity contribution < 1.29 is 4.79 Å². The number of alkyl halides is 1. The van der Waals surface area contributed by atoms with Gasteiger partial charge in [-0.2, -0.15) is 0 Å². The van der Waals surface area contributed by atoms with E-state index in [9.17, 15) is 4.79 Å². The molecule has 0 aliphatic rings. The van der Waals surface area contributed by atoms with E-state index in [2.05, 4.69) is 0 Å². The Hall–Kier alpha value is -0.730. The molecular formula is C14H19Cl2NO. The van der Waals surface area contributed by atoms with Crippen LogP contribution in [0.25, 0.3) is 0 Å². The van der Waals surface area contributed by atoms with Crippen LogP contribution in [0.4, 0.5) is 0 Å². The van der Waals surface area contributed by atoms with Crippen LogP contribution in [0.1, 0.15) is 32.4 Å². The zero-order valence-corrected chi connectivity index (χ0v) is 12.7. The second-order valence-electron chi connectivity index (χ2n) is 5.16. The van der Waals surface area contributed by atoms with Crippen molar-refractivity contribution in [1.29, 1.82) is 0 Å². The highest BCUT2D eigenvalue weighted by Gasteiger charge is 2.31. The maximum absolute atomic E-state index is 12.3. The lowest BCUT2D eigenvalue weighted by atomic mass is 9.93. The molecule has 0 aliphatic heterocycles. The molecular weight excluding hydrogens is 269 g/mol. The molecule has 1 atom stereocenters. The van der Waals surface area contributed by atoms with E-state index in [1.54, 1.807) is 11.9 Å². The first-order chi connectivity index (χ1) is 8.29. The summed E-state index contributed by atoms with van der Waals surface area (Å²) in [6.07, 6.45) is 0. The predicted molar refractivity (Wildman–Crippen MR) is 77.1 cm³/mol. The molecule has 0 radical (unpaired) electrons. The van der Waals surface area contributed by atoms with Gasteiger partial charge in [0, 0.05) is 18.0 Å². The smallest absolute Gasteiger partial charge is 0.229 e. The predicted octanol–water partition coefficient (Wildman–Crippen LogP) is 4.12. The van der Waals surface area contributed by atoms with Gasteiger partial charge < -0.3 is 4.90 Å². The molecule has 1 aromatic carbocycles. The summed E-state index contributed by atoms with van der Waals surface area (Å²) in [6.45, 7) is 5.70. The fourth-order valence-corrected chi connectivity index (χ4v) is 1.92. The fraction of sp³-hybridized carbons (Fsp3) is 0.500. The maximum atomic E-state index is 12.3. The molecule has 0 aliphatic carbocycles. The Kier molecular flexibility index (Phi) is 5.06. The molecule has 1 rings (SSSR count). The Morgan fingerprint density at radius 3 is 2.28 bits per heavy atom. The summed E-state index contributed by atoms with van der Waals surface area (Å²) in [5, 5.41) is 0.695. The Labute approximate surface area is 119 Å². The van der Waals surface area contributed by atoms with Crippen LogP contribution in [0.3, 0.4) is 0 Å². The van der Waals surface area contributed by atoms with Crippen molar-refractivity contribution >= 4 is 29.1 Å². The molecule has 0 heterocycles. The topological polar surface area (TPSA) is 20.3 Å². The average molecular weight is 288 g/mol. The summed E-state index contributed by atoms with van der Waals surface area (Å²) < 4.78 is 0. The zero-order chi connectivity index (χ0) is 13.9. The number of carbonyl (C=O) groups is 1. The van der Waals surface area contributed by atoms with Crippen LogP contribution in [0.15, 0.2) is 24.3 Å². The van der Waals surface area contributed by atoms with Crippen molar-refractivity contribution in [3.05, 3.63) is 34.9 Å². The van der Waals surface area contributed by atoms with Crippen LogP contribution in [-0.4, -0.2) is 23.7 Å². The molecule has 2 nitrogen and oxygen atoms in total. The van der Waals surface area contributed by atoms with Crippen molar-refractivity contribution in [1.82, 2.24) is 4.90 Å². The number of rotatable bonds is 4. The zero-order valence-electron chi connectivity index (χ0n) is 11.2. The van der Waals surface area contributed by atoms with Crippen LogP contribution in [-0.2, 0) is 4.79 Å². The van der Waals surface area contributed by atoms with Gasteiger partial charge in [-0.3, -0.25) is 4.79 Å². The van der Waals surface area contributed by atoms with Gasteiger partial charge in [-0.25, -0.2) is 0 Å². The van der Waals surface area contributed by atoms with E-state index in [1.807, 2.05) is 45.0 Å². The van der Waals surface area contributed by atoms with E-state index in [0.29, 0.717) is 10.9 Å². The molecule has 0 fully saturated rings. The highest BCUT2D eigenvalue weighted by atomic mass is 35.5. The van der Waals surface area contributed by atoms with Crippen LogP contribution < -0.4 is 0 Å². The van der Waals surface area contributed by atoms with E-state index in [-0.39, 0.29) is 11.9 Å². The summed E-state index contributed by atoms with van der Waals surface area (Å²) >= 11 is 11.7. The summed E-state index contributed by atoms with van der Waals surface area (Å²) in [4.78, 5) is 14.0. The molecule has 18 heavy (non-hydrogen) atoms. The largest absolute Gasteiger partial charge is 0.338 e. The standard InChI is InChI=1S/C14H19Cl2NO/c1-10(11-5-7-12(16)8-6-11)17(4)13(18)14(2,3)9-15/h5-8,10H,9H2,1-4H3. The second kappa shape index (κ2) is 5.94. The highest BCUT2D eigenvalue weighted by molar-refractivity contribution is 6.30. The maximum Gasteiger partial charge on any atom is 0.229 e. The molecule has 0 bridgehead atoms. The van der Waals surface area contributed by atoms with Gasteiger partial charge in [0.2, 0.25) is 5.91 Å². The lowest BCUT2D eigenvalue weighted by Crippen LogP contribution is -2.40. The Morgan fingerprint density at radius 1 is 1.33 bits per heavy atom. The summed E-state index contributed by atoms with van der Waals surface area (Å²) in [7, 11) is 1.80. The van der Waals surface area contributed by atoms with Crippen molar-refractivity contribution in [2.24, 2.45) is 5.41 Å². The molecule has 4 heteroatoms. The Bertz CT molecular complexity index is 414. The molecule has 0 aromatic heterocycles. The third kappa shape index (κ3) is 3.39.